The predicted octanol–water partition coefficient (Wildman–Crippen LogP) is 2.70. The van der Waals surface area contributed by atoms with E-state index in [4.69, 9.17) is 9.47 Å². The predicted molar refractivity (Wildman–Crippen MR) is 103 cm³/mol. The van der Waals surface area contributed by atoms with Crippen molar-refractivity contribution in [3.8, 4) is 5.75 Å². The van der Waals surface area contributed by atoms with E-state index in [1.54, 1.807) is 0 Å². The summed E-state index contributed by atoms with van der Waals surface area (Å²) in [5, 5.41) is 3.18. The van der Waals surface area contributed by atoms with Crippen LogP contribution in [0.2, 0.25) is 0 Å². The summed E-state index contributed by atoms with van der Waals surface area (Å²) in [5.41, 5.74) is 0.693. The zero-order chi connectivity index (χ0) is 18.4. The summed E-state index contributed by atoms with van der Waals surface area (Å²) in [6.07, 6.45) is 5.46. The standard InChI is InChI=1S/C22H30N2O3/c1-2-26-19-6-4-3-5-16(19)21(25)23-11-17-18-13-24(12-15-7-8-15)14-22(18)10-9-20(17)27-22/h3-6,15,17-18,20H,2,7-14H2,1H3,(H,23,25)/t17-,18+,20+,22+/m0/s1. The first-order valence-corrected chi connectivity index (χ1v) is 10.6. The minimum atomic E-state index is -0.0382. The number of nitrogens with one attached hydrogen (secondary N) is 1. The number of ether oxygens (including phenoxy) is 2. The van der Waals surface area contributed by atoms with Crippen LogP contribution in [0.25, 0.3) is 0 Å². The molecule has 5 rings (SSSR count). The average Bonchev–Trinajstić information content (AvgIpc) is 3.17. The molecule has 4 aliphatic rings. The normalized spacial score (nSPS) is 34.6. The summed E-state index contributed by atoms with van der Waals surface area (Å²) in [6, 6.07) is 7.49. The molecule has 1 aliphatic carbocycles. The van der Waals surface area contributed by atoms with Crippen LogP contribution in [-0.2, 0) is 4.74 Å². The number of nitrogens with zero attached hydrogens (tertiary/aromatic N) is 1. The minimum absolute atomic E-state index is 0.0382. The SMILES string of the molecule is CCOc1ccccc1C(=O)NC[C@H]1[C@H]2CN(CC3CC3)C[C@]23CC[C@H]1O3. The third-order valence-electron chi connectivity index (χ3n) is 7.00. The molecule has 1 spiro atoms. The minimum Gasteiger partial charge on any atom is -0.493 e. The van der Waals surface area contributed by atoms with Gasteiger partial charge >= 0.3 is 0 Å². The number of hydrogen-bond donors (Lipinski definition) is 1. The van der Waals surface area contributed by atoms with Gasteiger partial charge in [0.05, 0.1) is 23.9 Å². The summed E-state index contributed by atoms with van der Waals surface area (Å²) in [7, 11) is 0. The number of rotatable bonds is 7. The number of amides is 1. The van der Waals surface area contributed by atoms with Gasteiger partial charge in [-0.15, -0.1) is 0 Å². The van der Waals surface area contributed by atoms with Gasteiger partial charge in [-0.25, -0.2) is 0 Å². The van der Waals surface area contributed by atoms with Gasteiger partial charge in [0.2, 0.25) is 0 Å². The first kappa shape index (κ1) is 17.5. The maximum atomic E-state index is 12.8. The van der Waals surface area contributed by atoms with Crippen LogP contribution in [0.4, 0.5) is 0 Å². The van der Waals surface area contributed by atoms with Crippen LogP contribution in [0.15, 0.2) is 24.3 Å². The third-order valence-corrected chi connectivity index (χ3v) is 7.00. The average molecular weight is 370 g/mol. The van der Waals surface area contributed by atoms with Gasteiger partial charge in [-0.1, -0.05) is 12.1 Å². The van der Waals surface area contributed by atoms with Crippen LogP contribution in [-0.4, -0.2) is 55.3 Å². The van der Waals surface area contributed by atoms with Crippen LogP contribution >= 0.6 is 0 Å². The highest BCUT2D eigenvalue weighted by atomic mass is 16.5. The molecule has 27 heavy (non-hydrogen) atoms. The van der Waals surface area contributed by atoms with E-state index < -0.39 is 0 Å². The van der Waals surface area contributed by atoms with Crippen molar-refractivity contribution in [3.63, 3.8) is 0 Å². The van der Waals surface area contributed by atoms with E-state index in [-0.39, 0.29) is 11.5 Å². The molecular weight excluding hydrogens is 340 g/mol. The molecule has 0 aromatic heterocycles. The van der Waals surface area contributed by atoms with Gasteiger partial charge in [0.1, 0.15) is 5.75 Å². The van der Waals surface area contributed by atoms with Gasteiger partial charge in [-0.2, -0.15) is 0 Å². The summed E-state index contributed by atoms with van der Waals surface area (Å²) < 4.78 is 12.1. The van der Waals surface area contributed by atoms with Gasteiger partial charge in [-0.3, -0.25) is 9.69 Å². The lowest BCUT2D eigenvalue weighted by Crippen LogP contribution is -2.42. The molecule has 3 aliphatic heterocycles. The zero-order valence-electron chi connectivity index (χ0n) is 16.2. The van der Waals surface area contributed by atoms with Gasteiger partial charge < -0.3 is 14.8 Å². The van der Waals surface area contributed by atoms with Crippen LogP contribution in [0.5, 0.6) is 5.75 Å². The topological polar surface area (TPSA) is 50.8 Å². The summed E-state index contributed by atoms with van der Waals surface area (Å²) >= 11 is 0. The lowest BCUT2D eigenvalue weighted by molar-refractivity contribution is 0.00244. The first-order chi connectivity index (χ1) is 13.2. The number of carbonyl (C=O) groups is 1. The highest BCUT2D eigenvalue weighted by molar-refractivity contribution is 5.96. The van der Waals surface area contributed by atoms with Gasteiger partial charge in [0.15, 0.2) is 0 Å². The van der Waals surface area contributed by atoms with Gasteiger partial charge in [-0.05, 0) is 50.7 Å². The maximum absolute atomic E-state index is 12.8. The Hall–Kier alpha value is -1.59. The number of para-hydroxylation sites is 1. The van der Waals surface area contributed by atoms with Crippen molar-refractivity contribution in [1.82, 2.24) is 10.2 Å². The Bertz CT molecular complexity index is 719. The Morgan fingerprint density at radius 1 is 1.33 bits per heavy atom. The monoisotopic (exact) mass is 370 g/mol. The van der Waals surface area contributed by atoms with Crippen LogP contribution < -0.4 is 10.1 Å². The molecule has 1 amide bonds. The fourth-order valence-corrected chi connectivity index (χ4v) is 5.61. The molecule has 1 saturated carbocycles. The summed E-state index contributed by atoms with van der Waals surface area (Å²) in [5.74, 6) is 2.55. The van der Waals surface area contributed by atoms with Crippen molar-refractivity contribution >= 4 is 5.91 Å². The van der Waals surface area contributed by atoms with Crippen molar-refractivity contribution in [2.75, 3.05) is 32.8 Å². The second-order valence-electron chi connectivity index (χ2n) is 8.81. The molecule has 0 unspecified atom stereocenters. The molecule has 3 heterocycles. The van der Waals surface area contributed by atoms with Crippen LogP contribution in [0.1, 0.15) is 43.0 Å². The molecule has 146 valence electrons. The number of hydrogen-bond acceptors (Lipinski definition) is 4. The quantitative estimate of drug-likeness (QED) is 0.802. The van der Waals surface area contributed by atoms with E-state index >= 15 is 0 Å². The molecule has 4 fully saturated rings. The Labute approximate surface area is 161 Å². The van der Waals surface area contributed by atoms with E-state index in [0.29, 0.717) is 42.4 Å². The molecule has 5 nitrogen and oxygen atoms in total. The number of carbonyl (C=O) groups excluding carboxylic acids is 1. The highest BCUT2D eigenvalue weighted by Crippen LogP contribution is 2.55. The maximum Gasteiger partial charge on any atom is 0.255 e. The zero-order valence-corrected chi connectivity index (χ0v) is 16.2. The fraction of sp³-hybridized carbons (Fsp3) is 0.682. The fourth-order valence-electron chi connectivity index (χ4n) is 5.61. The highest BCUT2D eigenvalue weighted by Gasteiger charge is 2.62. The Balaban J connectivity index is 1.24. The van der Waals surface area contributed by atoms with Crippen molar-refractivity contribution in [2.45, 2.75) is 44.3 Å². The number of benzene rings is 1. The summed E-state index contributed by atoms with van der Waals surface area (Å²) in [4.78, 5) is 15.4. The molecule has 3 saturated heterocycles. The second-order valence-corrected chi connectivity index (χ2v) is 8.81. The van der Waals surface area contributed by atoms with Crippen LogP contribution in [0.3, 0.4) is 0 Å². The smallest absolute Gasteiger partial charge is 0.255 e. The van der Waals surface area contributed by atoms with Crippen molar-refractivity contribution in [2.24, 2.45) is 17.8 Å². The largest absolute Gasteiger partial charge is 0.493 e. The van der Waals surface area contributed by atoms with E-state index in [9.17, 15) is 4.79 Å². The first-order valence-electron chi connectivity index (χ1n) is 10.6. The van der Waals surface area contributed by atoms with E-state index in [1.807, 2.05) is 31.2 Å². The van der Waals surface area contributed by atoms with Crippen LogP contribution in [0, 0.1) is 17.8 Å². The molecule has 0 radical (unpaired) electrons. The second kappa shape index (κ2) is 6.78. The van der Waals surface area contributed by atoms with Crippen molar-refractivity contribution in [1.29, 1.82) is 0 Å². The number of likely N-dealkylation sites (tertiary alicyclic amines) is 1. The molecule has 1 aromatic rings. The van der Waals surface area contributed by atoms with E-state index in [0.717, 1.165) is 25.4 Å². The Morgan fingerprint density at radius 3 is 3.00 bits per heavy atom. The molecular formula is C22H30N2O3. The third kappa shape index (κ3) is 3.15. The van der Waals surface area contributed by atoms with E-state index in [2.05, 4.69) is 10.2 Å². The Morgan fingerprint density at radius 2 is 2.19 bits per heavy atom. The molecule has 1 aromatic carbocycles. The molecule has 4 atom stereocenters. The molecule has 5 heteroatoms. The lowest BCUT2D eigenvalue weighted by atomic mass is 9.73. The van der Waals surface area contributed by atoms with Gasteiger partial charge in [0, 0.05) is 38.0 Å². The van der Waals surface area contributed by atoms with E-state index in [1.165, 1.54) is 25.8 Å². The lowest BCUT2D eigenvalue weighted by Gasteiger charge is -2.29. The molecule has 1 N–H and O–H groups in total. The van der Waals surface area contributed by atoms with Gasteiger partial charge in [0.25, 0.3) is 5.91 Å². The Kier molecular flexibility index (Phi) is 4.40. The van der Waals surface area contributed by atoms with Crippen molar-refractivity contribution in [3.05, 3.63) is 29.8 Å². The molecule has 2 bridgehead atoms. The number of fused-ring (bicyclic) bond motifs is 1. The van der Waals surface area contributed by atoms with Crippen molar-refractivity contribution < 1.29 is 14.3 Å². The summed E-state index contributed by atoms with van der Waals surface area (Å²) in [6.45, 7) is 6.69.